The van der Waals surface area contributed by atoms with E-state index in [1.807, 2.05) is 0 Å². The number of aromatic nitrogens is 1. The van der Waals surface area contributed by atoms with Crippen molar-refractivity contribution in [3.05, 3.63) is 34.5 Å². The lowest BCUT2D eigenvalue weighted by Crippen LogP contribution is -2.16. The molecule has 0 aliphatic heterocycles. The molecule has 16 heavy (non-hydrogen) atoms. The molecule has 84 valence electrons. The summed E-state index contributed by atoms with van der Waals surface area (Å²) >= 11 is 0. The summed E-state index contributed by atoms with van der Waals surface area (Å²) in [6.45, 7) is 4.33. The third kappa shape index (κ3) is 1.30. The Morgan fingerprint density at radius 1 is 1.31 bits per heavy atom. The maximum absolute atomic E-state index is 6.17. The SMILES string of the molecule is Cc1cc(C)c2[nH]c3c(c2c1)CCC[C@@H]3N. The maximum Gasteiger partial charge on any atom is 0.0489 e. The van der Waals surface area contributed by atoms with Gasteiger partial charge in [0.15, 0.2) is 0 Å². The zero-order chi connectivity index (χ0) is 11.3. The van der Waals surface area contributed by atoms with Crippen LogP contribution in [0.1, 0.15) is 41.3 Å². The molecule has 0 bridgehead atoms. The van der Waals surface area contributed by atoms with Crippen LogP contribution in [0.25, 0.3) is 10.9 Å². The Kier molecular flexibility index (Phi) is 2.08. The summed E-state index contributed by atoms with van der Waals surface area (Å²) < 4.78 is 0. The molecular formula is C14H18N2. The average molecular weight is 214 g/mol. The molecule has 1 aromatic heterocycles. The van der Waals surface area contributed by atoms with Gasteiger partial charge in [-0.1, -0.05) is 11.6 Å². The van der Waals surface area contributed by atoms with Gasteiger partial charge in [-0.05, 0) is 50.3 Å². The predicted molar refractivity (Wildman–Crippen MR) is 67.6 cm³/mol. The zero-order valence-corrected chi connectivity index (χ0v) is 9.93. The number of aryl methyl sites for hydroxylation is 3. The van der Waals surface area contributed by atoms with Crippen LogP contribution in [0.5, 0.6) is 0 Å². The summed E-state index contributed by atoms with van der Waals surface area (Å²) in [6, 6.07) is 4.72. The first-order valence-corrected chi connectivity index (χ1v) is 6.04. The Balaban J connectivity index is 2.36. The molecule has 1 atom stereocenters. The van der Waals surface area contributed by atoms with Crippen LogP contribution >= 0.6 is 0 Å². The summed E-state index contributed by atoms with van der Waals surface area (Å²) in [5.74, 6) is 0. The van der Waals surface area contributed by atoms with Crippen molar-refractivity contribution in [2.24, 2.45) is 5.73 Å². The molecule has 3 N–H and O–H groups in total. The summed E-state index contributed by atoms with van der Waals surface area (Å²) in [5.41, 5.74) is 12.9. The standard InChI is InChI=1S/C14H18N2/c1-8-6-9(2)13-11(7-8)10-4-3-5-12(15)14(10)16-13/h6-7,12,16H,3-5,15H2,1-2H3/t12-/m0/s1. The van der Waals surface area contributed by atoms with Crippen molar-refractivity contribution in [1.82, 2.24) is 4.98 Å². The molecule has 0 spiro atoms. The molecule has 1 heterocycles. The number of H-pyrrole nitrogens is 1. The highest BCUT2D eigenvalue weighted by Crippen LogP contribution is 2.34. The second kappa shape index (κ2) is 3.36. The first-order chi connectivity index (χ1) is 7.66. The van der Waals surface area contributed by atoms with Crippen molar-refractivity contribution >= 4 is 10.9 Å². The minimum absolute atomic E-state index is 0.204. The number of nitrogens with one attached hydrogen (secondary N) is 1. The van der Waals surface area contributed by atoms with Crippen molar-refractivity contribution in [1.29, 1.82) is 0 Å². The molecule has 1 aliphatic rings. The molecule has 1 aromatic carbocycles. The topological polar surface area (TPSA) is 41.8 Å². The Morgan fingerprint density at radius 2 is 2.12 bits per heavy atom. The maximum atomic E-state index is 6.17. The molecule has 1 aliphatic carbocycles. The summed E-state index contributed by atoms with van der Waals surface area (Å²) in [4.78, 5) is 3.54. The zero-order valence-electron chi connectivity index (χ0n) is 9.93. The van der Waals surface area contributed by atoms with Gasteiger partial charge in [-0.2, -0.15) is 0 Å². The van der Waals surface area contributed by atoms with E-state index in [1.54, 1.807) is 0 Å². The Hall–Kier alpha value is -1.28. The van der Waals surface area contributed by atoms with Gasteiger partial charge in [-0.3, -0.25) is 0 Å². The number of nitrogens with two attached hydrogens (primary N) is 1. The van der Waals surface area contributed by atoms with Crippen molar-refractivity contribution in [3.63, 3.8) is 0 Å². The Bertz CT molecular complexity index is 551. The number of benzene rings is 1. The largest absolute Gasteiger partial charge is 0.357 e. The second-order valence-corrected chi connectivity index (χ2v) is 5.02. The van der Waals surface area contributed by atoms with Gasteiger partial charge < -0.3 is 10.7 Å². The number of fused-ring (bicyclic) bond motifs is 3. The molecule has 0 fully saturated rings. The molecule has 0 saturated heterocycles. The van der Waals surface area contributed by atoms with Gasteiger partial charge >= 0.3 is 0 Å². The minimum atomic E-state index is 0.204. The van der Waals surface area contributed by atoms with Crippen LogP contribution in [0.4, 0.5) is 0 Å². The fourth-order valence-electron chi connectivity index (χ4n) is 2.96. The Labute approximate surface area is 95.8 Å². The fourth-order valence-corrected chi connectivity index (χ4v) is 2.96. The van der Waals surface area contributed by atoms with E-state index in [-0.39, 0.29) is 6.04 Å². The van der Waals surface area contributed by atoms with Gasteiger partial charge in [0.25, 0.3) is 0 Å². The molecule has 0 unspecified atom stereocenters. The second-order valence-electron chi connectivity index (χ2n) is 5.02. The molecule has 3 rings (SSSR count). The summed E-state index contributed by atoms with van der Waals surface area (Å²) in [6.07, 6.45) is 3.50. The van der Waals surface area contributed by atoms with Gasteiger partial charge in [0, 0.05) is 22.6 Å². The average Bonchev–Trinajstić information content (AvgIpc) is 2.59. The van der Waals surface area contributed by atoms with Gasteiger partial charge in [-0.25, -0.2) is 0 Å². The lowest BCUT2D eigenvalue weighted by atomic mass is 9.92. The van der Waals surface area contributed by atoms with Crippen molar-refractivity contribution in [2.75, 3.05) is 0 Å². The lowest BCUT2D eigenvalue weighted by molar-refractivity contribution is 0.562. The number of rotatable bonds is 0. The van der Waals surface area contributed by atoms with E-state index in [0.717, 1.165) is 6.42 Å². The minimum Gasteiger partial charge on any atom is -0.357 e. The molecule has 0 saturated carbocycles. The van der Waals surface area contributed by atoms with Gasteiger partial charge in [-0.15, -0.1) is 0 Å². The highest BCUT2D eigenvalue weighted by molar-refractivity contribution is 5.88. The molecular weight excluding hydrogens is 196 g/mol. The van der Waals surface area contributed by atoms with Crippen LogP contribution in [0.3, 0.4) is 0 Å². The van der Waals surface area contributed by atoms with E-state index in [4.69, 9.17) is 5.73 Å². The smallest absolute Gasteiger partial charge is 0.0489 e. The molecule has 2 heteroatoms. The molecule has 2 aromatic rings. The van der Waals surface area contributed by atoms with Crippen LogP contribution in [-0.4, -0.2) is 4.98 Å². The Morgan fingerprint density at radius 3 is 2.94 bits per heavy atom. The van der Waals surface area contributed by atoms with E-state index in [9.17, 15) is 0 Å². The molecule has 2 nitrogen and oxygen atoms in total. The summed E-state index contributed by atoms with van der Waals surface area (Å²) in [5, 5.41) is 1.39. The van der Waals surface area contributed by atoms with E-state index in [1.165, 1.54) is 46.1 Å². The fraction of sp³-hybridized carbons (Fsp3) is 0.429. The quantitative estimate of drug-likeness (QED) is 0.695. The lowest BCUT2D eigenvalue weighted by Gasteiger charge is -2.18. The van der Waals surface area contributed by atoms with Crippen LogP contribution in [-0.2, 0) is 6.42 Å². The highest BCUT2D eigenvalue weighted by atomic mass is 14.8. The number of hydrogen-bond acceptors (Lipinski definition) is 1. The molecule has 0 radical (unpaired) electrons. The van der Waals surface area contributed by atoms with Crippen LogP contribution in [0.15, 0.2) is 12.1 Å². The van der Waals surface area contributed by atoms with E-state index in [0.29, 0.717) is 0 Å². The number of aromatic amines is 1. The molecule has 0 amide bonds. The van der Waals surface area contributed by atoms with Crippen molar-refractivity contribution in [2.45, 2.75) is 39.2 Å². The van der Waals surface area contributed by atoms with Crippen LogP contribution in [0, 0.1) is 13.8 Å². The van der Waals surface area contributed by atoms with E-state index < -0.39 is 0 Å². The monoisotopic (exact) mass is 214 g/mol. The highest BCUT2D eigenvalue weighted by Gasteiger charge is 2.21. The normalized spacial score (nSPS) is 20.1. The van der Waals surface area contributed by atoms with Gasteiger partial charge in [0.2, 0.25) is 0 Å². The van der Waals surface area contributed by atoms with E-state index >= 15 is 0 Å². The van der Waals surface area contributed by atoms with Crippen LogP contribution < -0.4 is 5.73 Å². The van der Waals surface area contributed by atoms with Crippen molar-refractivity contribution in [3.8, 4) is 0 Å². The third-order valence-corrected chi connectivity index (χ3v) is 3.70. The number of hydrogen-bond donors (Lipinski definition) is 2. The third-order valence-electron chi connectivity index (χ3n) is 3.70. The summed E-state index contributed by atoms with van der Waals surface area (Å²) in [7, 11) is 0. The van der Waals surface area contributed by atoms with Gasteiger partial charge in [0.1, 0.15) is 0 Å². The van der Waals surface area contributed by atoms with E-state index in [2.05, 4.69) is 31.0 Å². The first-order valence-electron chi connectivity index (χ1n) is 6.04. The predicted octanol–water partition coefficient (Wildman–Crippen LogP) is 3.12. The van der Waals surface area contributed by atoms with Crippen LogP contribution in [0.2, 0.25) is 0 Å². The first kappa shape index (κ1) is 9.91. The van der Waals surface area contributed by atoms with Gasteiger partial charge in [0.05, 0.1) is 0 Å². The van der Waals surface area contributed by atoms with Crippen molar-refractivity contribution < 1.29 is 0 Å².